The van der Waals surface area contributed by atoms with Gasteiger partial charge >= 0.3 is 0 Å². The molecule has 0 radical (unpaired) electrons. The molecule has 0 unspecified atom stereocenters. The molecule has 1 aromatic heterocycles. The molecular weight excluding hydrogens is 185 g/mol. The van der Waals surface area contributed by atoms with Gasteiger partial charge in [0.15, 0.2) is 0 Å². The Morgan fingerprint density at radius 2 is 2.14 bits per heavy atom. The highest BCUT2D eigenvalue weighted by molar-refractivity contribution is 5.78. The van der Waals surface area contributed by atoms with Crippen molar-refractivity contribution in [2.45, 2.75) is 6.61 Å². The lowest BCUT2D eigenvalue weighted by Crippen LogP contribution is -2.11. The number of benzene rings is 1. The van der Waals surface area contributed by atoms with E-state index in [1.54, 1.807) is 12.1 Å². The van der Waals surface area contributed by atoms with E-state index >= 15 is 0 Å². The van der Waals surface area contributed by atoms with Gasteiger partial charge in [0.25, 0.3) is 5.56 Å². The summed E-state index contributed by atoms with van der Waals surface area (Å²) in [5.41, 5.74) is 0.335. The van der Waals surface area contributed by atoms with E-state index in [-0.39, 0.29) is 17.7 Å². The van der Waals surface area contributed by atoms with Crippen molar-refractivity contribution in [2.24, 2.45) is 0 Å². The van der Waals surface area contributed by atoms with Crippen LogP contribution in [0.2, 0.25) is 0 Å². The molecule has 72 valence electrons. The normalized spacial score (nSPS) is 10.7. The maximum atomic E-state index is 12.8. The number of H-pyrrole nitrogens is 1. The van der Waals surface area contributed by atoms with Crippen molar-refractivity contribution in [3.8, 4) is 0 Å². The van der Waals surface area contributed by atoms with Crippen molar-refractivity contribution in [1.82, 2.24) is 4.98 Å². The summed E-state index contributed by atoms with van der Waals surface area (Å²) in [6.07, 6.45) is 0. The fourth-order valence-electron chi connectivity index (χ4n) is 1.34. The monoisotopic (exact) mass is 193 g/mol. The molecule has 0 aliphatic carbocycles. The molecule has 0 aliphatic heterocycles. The van der Waals surface area contributed by atoms with Crippen molar-refractivity contribution >= 4 is 10.9 Å². The molecule has 2 aromatic rings. The number of halogens is 1. The Hall–Kier alpha value is -1.68. The van der Waals surface area contributed by atoms with Gasteiger partial charge in [-0.2, -0.15) is 0 Å². The maximum absolute atomic E-state index is 12.8. The number of pyridine rings is 1. The van der Waals surface area contributed by atoms with Crippen LogP contribution in [-0.4, -0.2) is 10.1 Å². The predicted octanol–water partition coefficient (Wildman–Crippen LogP) is 1.16. The van der Waals surface area contributed by atoms with Gasteiger partial charge in [-0.1, -0.05) is 0 Å². The molecule has 2 N–H and O–H groups in total. The van der Waals surface area contributed by atoms with E-state index in [1.807, 2.05) is 0 Å². The molecule has 2 rings (SSSR count). The zero-order valence-corrected chi connectivity index (χ0v) is 7.25. The molecule has 0 saturated heterocycles. The Labute approximate surface area is 78.8 Å². The third-order valence-corrected chi connectivity index (χ3v) is 2.06. The first-order valence-electron chi connectivity index (χ1n) is 4.13. The van der Waals surface area contributed by atoms with Crippen LogP contribution in [-0.2, 0) is 6.61 Å². The highest BCUT2D eigenvalue weighted by atomic mass is 19.1. The van der Waals surface area contributed by atoms with E-state index < -0.39 is 5.82 Å². The first-order valence-corrected chi connectivity index (χ1v) is 4.13. The Balaban J connectivity index is 2.79. The largest absolute Gasteiger partial charge is 0.391 e. The summed E-state index contributed by atoms with van der Waals surface area (Å²) >= 11 is 0. The summed E-state index contributed by atoms with van der Waals surface area (Å²) in [5.74, 6) is -0.398. The molecule has 1 aromatic carbocycles. The Kier molecular flexibility index (Phi) is 2.05. The standard InChI is InChI=1S/C10H8FNO2/c11-8-2-1-6-3-7(5-13)10(14)12-9(6)4-8/h1-4,13H,5H2,(H,12,14). The van der Waals surface area contributed by atoms with Gasteiger partial charge in [0.1, 0.15) is 5.82 Å². The van der Waals surface area contributed by atoms with Crippen LogP contribution >= 0.6 is 0 Å². The minimum Gasteiger partial charge on any atom is -0.391 e. The van der Waals surface area contributed by atoms with Gasteiger partial charge in [0.2, 0.25) is 0 Å². The summed E-state index contributed by atoms with van der Waals surface area (Å²) in [5, 5.41) is 9.54. The van der Waals surface area contributed by atoms with Gasteiger partial charge in [-0.05, 0) is 29.7 Å². The van der Waals surface area contributed by atoms with Gasteiger partial charge in [-0.3, -0.25) is 4.79 Å². The number of rotatable bonds is 1. The highest BCUT2D eigenvalue weighted by Gasteiger charge is 2.01. The van der Waals surface area contributed by atoms with Crippen molar-refractivity contribution in [1.29, 1.82) is 0 Å². The van der Waals surface area contributed by atoms with Crippen molar-refractivity contribution in [3.63, 3.8) is 0 Å². The molecule has 0 bridgehead atoms. The molecule has 0 spiro atoms. The summed E-state index contributed by atoms with van der Waals surface area (Å²) in [7, 11) is 0. The van der Waals surface area contributed by atoms with Crippen molar-refractivity contribution < 1.29 is 9.50 Å². The SMILES string of the molecule is O=c1[nH]c2cc(F)ccc2cc1CO. The topological polar surface area (TPSA) is 53.1 Å². The second-order valence-electron chi connectivity index (χ2n) is 3.01. The molecule has 14 heavy (non-hydrogen) atoms. The third-order valence-electron chi connectivity index (χ3n) is 2.06. The van der Waals surface area contributed by atoms with E-state index in [0.717, 1.165) is 0 Å². The molecule has 0 amide bonds. The van der Waals surface area contributed by atoms with Gasteiger partial charge in [-0.15, -0.1) is 0 Å². The fourth-order valence-corrected chi connectivity index (χ4v) is 1.34. The average molecular weight is 193 g/mol. The van der Waals surface area contributed by atoms with E-state index in [9.17, 15) is 9.18 Å². The predicted molar refractivity (Wildman–Crippen MR) is 50.4 cm³/mol. The molecular formula is C10H8FNO2. The van der Waals surface area contributed by atoms with Crippen molar-refractivity contribution in [2.75, 3.05) is 0 Å². The maximum Gasteiger partial charge on any atom is 0.253 e. The number of aromatic nitrogens is 1. The number of aromatic amines is 1. The number of nitrogens with one attached hydrogen (secondary N) is 1. The first-order chi connectivity index (χ1) is 6.70. The van der Waals surface area contributed by atoms with Crippen LogP contribution in [0.3, 0.4) is 0 Å². The van der Waals surface area contributed by atoms with Crippen LogP contribution in [0.25, 0.3) is 10.9 Å². The third kappa shape index (κ3) is 1.40. The van der Waals surface area contributed by atoms with Gasteiger partial charge in [-0.25, -0.2) is 4.39 Å². The Morgan fingerprint density at radius 1 is 1.36 bits per heavy atom. The zero-order valence-electron chi connectivity index (χ0n) is 7.25. The van der Waals surface area contributed by atoms with E-state index in [1.165, 1.54) is 12.1 Å². The minimum atomic E-state index is -0.398. The second kappa shape index (κ2) is 3.23. The van der Waals surface area contributed by atoms with Crippen LogP contribution < -0.4 is 5.56 Å². The minimum absolute atomic E-state index is 0.282. The number of hydrogen-bond acceptors (Lipinski definition) is 2. The van der Waals surface area contributed by atoms with E-state index in [0.29, 0.717) is 10.9 Å². The Morgan fingerprint density at radius 3 is 2.86 bits per heavy atom. The van der Waals surface area contributed by atoms with Gasteiger partial charge < -0.3 is 10.1 Å². The lowest BCUT2D eigenvalue weighted by Gasteiger charge is -2.00. The number of fused-ring (bicyclic) bond motifs is 1. The average Bonchev–Trinajstić information content (AvgIpc) is 2.16. The van der Waals surface area contributed by atoms with Crippen LogP contribution in [0.4, 0.5) is 4.39 Å². The van der Waals surface area contributed by atoms with E-state index in [4.69, 9.17) is 5.11 Å². The van der Waals surface area contributed by atoms with Gasteiger partial charge in [0.05, 0.1) is 12.1 Å². The Bertz CT molecular complexity index is 533. The van der Waals surface area contributed by atoms with Crippen molar-refractivity contribution in [3.05, 3.63) is 46.0 Å². The summed E-state index contributed by atoms with van der Waals surface area (Å²) in [6.45, 7) is -0.317. The van der Waals surface area contributed by atoms with Crippen LogP contribution in [0.15, 0.2) is 29.1 Å². The van der Waals surface area contributed by atoms with Crippen LogP contribution in [0.1, 0.15) is 5.56 Å². The van der Waals surface area contributed by atoms with Crippen LogP contribution in [0.5, 0.6) is 0 Å². The summed E-state index contributed by atoms with van der Waals surface area (Å²) in [4.78, 5) is 13.7. The summed E-state index contributed by atoms with van der Waals surface area (Å²) < 4.78 is 12.8. The number of aliphatic hydroxyl groups excluding tert-OH is 1. The summed E-state index contributed by atoms with van der Waals surface area (Å²) in [6, 6.07) is 5.66. The number of hydrogen-bond donors (Lipinski definition) is 2. The lowest BCUT2D eigenvalue weighted by molar-refractivity contribution is 0.280. The first kappa shape index (κ1) is 8.90. The molecule has 4 heteroatoms. The molecule has 3 nitrogen and oxygen atoms in total. The highest BCUT2D eigenvalue weighted by Crippen LogP contribution is 2.12. The molecule has 0 aliphatic rings. The van der Waals surface area contributed by atoms with E-state index in [2.05, 4.69) is 4.98 Å². The zero-order chi connectivity index (χ0) is 10.1. The van der Waals surface area contributed by atoms with Crippen LogP contribution in [0, 0.1) is 5.82 Å². The quantitative estimate of drug-likeness (QED) is 0.714. The van der Waals surface area contributed by atoms with Gasteiger partial charge in [0, 0.05) is 5.56 Å². The smallest absolute Gasteiger partial charge is 0.253 e. The fraction of sp³-hybridized carbons (Fsp3) is 0.100. The molecule has 1 heterocycles. The number of aliphatic hydroxyl groups is 1. The molecule has 0 fully saturated rings. The lowest BCUT2D eigenvalue weighted by atomic mass is 10.1. The molecule has 0 atom stereocenters. The molecule has 0 saturated carbocycles. The second-order valence-corrected chi connectivity index (χ2v) is 3.01.